The topological polar surface area (TPSA) is 54.5 Å². The third-order valence-corrected chi connectivity index (χ3v) is 3.97. The fourth-order valence-electron chi connectivity index (χ4n) is 1.54. The van der Waals surface area contributed by atoms with Crippen LogP contribution in [0.3, 0.4) is 0 Å². The molecule has 19 heavy (non-hydrogen) atoms. The maximum atomic E-state index is 13.3. The summed E-state index contributed by atoms with van der Waals surface area (Å²) in [5.41, 5.74) is 0.0965. The van der Waals surface area contributed by atoms with Crippen molar-refractivity contribution in [2.75, 3.05) is 13.6 Å². The van der Waals surface area contributed by atoms with Crippen LogP contribution in [-0.2, 0) is 9.05 Å². The normalized spacial score (nSPS) is 11.4. The lowest BCUT2D eigenvalue weighted by Gasteiger charge is -2.17. The first-order valence-corrected chi connectivity index (χ1v) is 8.08. The minimum atomic E-state index is -4.21. The summed E-state index contributed by atoms with van der Waals surface area (Å²) in [7, 11) is 2.51. The summed E-state index contributed by atoms with van der Waals surface area (Å²) in [4.78, 5) is 12.8. The lowest BCUT2D eigenvalue weighted by molar-refractivity contribution is 0.0793. The zero-order valence-corrected chi connectivity index (χ0v) is 12.3. The third kappa shape index (κ3) is 4.18. The minimum Gasteiger partial charge on any atom is -0.342 e. The van der Waals surface area contributed by atoms with Crippen LogP contribution in [0.1, 0.15) is 30.1 Å². The highest BCUT2D eigenvalue weighted by atomic mass is 35.7. The highest BCUT2D eigenvalue weighted by Gasteiger charge is 2.20. The Hall–Kier alpha value is -1.14. The zero-order chi connectivity index (χ0) is 14.6. The molecule has 0 unspecified atom stereocenters. The molecule has 1 aromatic carbocycles. The lowest BCUT2D eigenvalue weighted by Crippen LogP contribution is -2.27. The summed E-state index contributed by atoms with van der Waals surface area (Å²) in [6.45, 7) is 2.55. The minimum absolute atomic E-state index is 0.0965. The van der Waals surface area contributed by atoms with Gasteiger partial charge in [0.15, 0.2) is 0 Å². The van der Waals surface area contributed by atoms with Crippen molar-refractivity contribution in [1.29, 1.82) is 0 Å². The van der Waals surface area contributed by atoms with E-state index < -0.39 is 19.8 Å². The molecular formula is C12H15ClFNO3S. The molecule has 0 bridgehead atoms. The van der Waals surface area contributed by atoms with Crippen LogP contribution in [-0.4, -0.2) is 32.8 Å². The number of rotatable bonds is 5. The Labute approximate surface area is 116 Å². The number of amides is 1. The van der Waals surface area contributed by atoms with Crippen LogP contribution < -0.4 is 0 Å². The van der Waals surface area contributed by atoms with Crippen LogP contribution in [0.15, 0.2) is 23.1 Å². The van der Waals surface area contributed by atoms with Crippen molar-refractivity contribution >= 4 is 25.6 Å². The van der Waals surface area contributed by atoms with Gasteiger partial charge in [0, 0.05) is 29.8 Å². The van der Waals surface area contributed by atoms with E-state index in [9.17, 15) is 17.6 Å². The van der Waals surface area contributed by atoms with Gasteiger partial charge in [-0.05, 0) is 24.6 Å². The molecule has 7 heteroatoms. The van der Waals surface area contributed by atoms with Gasteiger partial charge in [-0.3, -0.25) is 4.79 Å². The summed E-state index contributed by atoms with van der Waals surface area (Å²) in [5.74, 6) is -1.34. The molecular weight excluding hydrogens is 293 g/mol. The number of benzene rings is 1. The van der Waals surface area contributed by atoms with Crippen molar-refractivity contribution in [3.63, 3.8) is 0 Å². The van der Waals surface area contributed by atoms with Gasteiger partial charge in [-0.25, -0.2) is 12.8 Å². The lowest BCUT2D eigenvalue weighted by atomic mass is 10.2. The van der Waals surface area contributed by atoms with E-state index in [-0.39, 0.29) is 11.5 Å². The smallest absolute Gasteiger partial charge is 0.264 e. The number of hydrogen-bond acceptors (Lipinski definition) is 3. The second-order valence-corrected chi connectivity index (χ2v) is 6.70. The van der Waals surface area contributed by atoms with E-state index in [0.29, 0.717) is 6.54 Å². The number of unbranched alkanes of at least 4 members (excludes halogenated alkanes) is 1. The number of halogens is 2. The molecule has 106 valence electrons. The third-order valence-electron chi connectivity index (χ3n) is 2.63. The molecule has 0 spiro atoms. The van der Waals surface area contributed by atoms with E-state index in [2.05, 4.69) is 0 Å². The predicted octanol–water partition coefficient (Wildman–Crippen LogP) is 2.63. The van der Waals surface area contributed by atoms with Crippen LogP contribution in [0.25, 0.3) is 0 Å². The van der Waals surface area contributed by atoms with E-state index in [0.717, 1.165) is 25.0 Å². The Bertz CT molecular complexity index is 574. The maximum Gasteiger partial charge on any atom is 0.264 e. The molecule has 0 aliphatic rings. The second kappa shape index (κ2) is 6.34. The number of carbonyl (C=O) groups excluding carboxylic acids is 1. The standard InChI is InChI=1S/C12H15ClFNO3S/c1-3-4-7-15(2)12(16)9-5-6-10(14)11(8-9)19(13,17)18/h5-6,8H,3-4,7H2,1-2H3. The Kier molecular flexibility index (Phi) is 5.31. The fraction of sp³-hybridized carbons (Fsp3) is 0.417. The maximum absolute atomic E-state index is 13.3. The van der Waals surface area contributed by atoms with Gasteiger partial charge in [0.05, 0.1) is 0 Å². The monoisotopic (exact) mass is 307 g/mol. The van der Waals surface area contributed by atoms with E-state index in [1.165, 1.54) is 11.0 Å². The first-order valence-electron chi connectivity index (χ1n) is 5.77. The summed E-state index contributed by atoms with van der Waals surface area (Å²) >= 11 is 0. The van der Waals surface area contributed by atoms with Gasteiger partial charge in [0.2, 0.25) is 0 Å². The molecule has 4 nitrogen and oxygen atoms in total. The Balaban J connectivity index is 3.06. The van der Waals surface area contributed by atoms with Crippen LogP contribution >= 0.6 is 10.7 Å². The van der Waals surface area contributed by atoms with Crippen molar-refractivity contribution in [2.24, 2.45) is 0 Å². The molecule has 1 rings (SSSR count). The summed E-state index contributed by atoms with van der Waals surface area (Å²) in [5, 5.41) is 0. The molecule has 0 heterocycles. The summed E-state index contributed by atoms with van der Waals surface area (Å²) in [6, 6.07) is 3.13. The number of hydrogen-bond donors (Lipinski definition) is 0. The highest BCUT2D eigenvalue weighted by molar-refractivity contribution is 8.13. The van der Waals surface area contributed by atoms with Crippen LogP contribution in [0.2, 0.25) is 0 Å². The molecule has 0 saturated carbocycles. The van der Waals surface area contributed by atoms with Gasteiger partial charge >= 0.3 is 0 Å². The molecule has 0 radical (unpaired) electrons. The Morgan fingerprint density at radius 3 is 2.58 bits per heavy atom. The molecule has 0 aliphatic carbocycles. The first kappa shape index (κ1) is 15.9. The Morgan fingerprint density at radius 1 is 1.42 bits per heavy atom. The average molecular weight is 308 g/mol. The van der Waals surface area contributed by atoms with Gasteiger partial charge in [-0.15, -0.1) is 0 Å². The van der Waals surface area contributed by atoms with Crippen molar-refractivity contribution in [3.05, 3.63) is 29.6 Å². The molecule has 1 amide bonds. The van der Waals surface area contributed by atoms with Crippen molar-refractivity contribution in [1.82, 2.24) is 4.90 Å². The summed E-state index contributed by atoms with van der Waals surface area (Å²) < 4.78 is 35.7. The van der Waals surface area contributed by atoms with Gasteiger partial charge in [0.25, 0.3) is 15.0 Å². The zero-order valence-electron chi connectivity index (χ0n) is 10.7. The average Bonchev–Trinajstić information content (AvgIpc) is 2.34. The van der Waals surface area contributed by atoms with Crippen molar-refractivity contribution in [2.45, 2.75) is 24.7 Å². The van der Waals surface area contributed by atoms with E-state index >= 15 is 0 Å². The van der Waals surface area contributed by atoms with Gasteiger partial charge in [-0.1, -0.05) is 13.3 Å². The number of carbonyl (C=O) groups is 1. The first-order chi connectivity index (χ1) is 8.77. The quantitative estimate of drug-likeness (QED) is 0.786. The van der Waals surface area contributed by atoms with Gasteiger partial charge < -0.3 is 4.90 Å². The predicted molar refractivity (Wildman–Crippen MR) is 71.3 cm³/mol. The molecule has 0 N–H and O–H groups in total. The molecule has 0 atom stereocenters. The Morgan fingerprint density at radius 2 is 2.05 bits per heavy atom. The van der Waals surface area contributed by atoms with Crippen molar-refractivity contribution < 1.29 is 17.6 Å². The van der Waals surface area contributed by atoms with E-state index in [1.54, 1.807) is 7.05 Å². The molecule has 0 fully saturated rings. The van der Waals surface area contributed by atoms with E-state index in [1.807, 2.05) is 6.92 Å². The highest BCUT2D eigenvalue weighted by Crippen LogP contribution is 2.21. The fourth-order valence-corrected chi connectivity index (χ4v) is 2.46. The van der Waals surface area contributed by atoms with Crippen LogP contribution in [0, 0.1) is 5.82 Å². The number of nitrogens with zero attached hydrogens (tertiary/aromatic N) is 1. The molecule has 0 saturated heterocycles. The second-order valence-electron chi connectivity index (χ2n) is 4.16. The van der Waals surface area contributed by atoms with Gasteiger partial charge in [0.1, 0.15) is 10.7 Å². The van der Waals surface area contributed by atoms with Crippen LogP contribution in [0.5, 0.6) is 0 Å². The summed E-state index contributed by atoms with van der Waals surface area (Å²) in [6.07, 6.45) is 1.77. The SMILES string of the molecule is CCCCN(C)C(=O)c1ccc(F)c(S(=O)(=O)Cl)c1. The van der Waals surface area contributed by atoms with Crippen molar-refractivity contribution in [3.8, 4) is 0 Å². The largest absolute Gasteiger partial charge is 0.342 e. The van der Waals surface area contributed by atoms with E-state index in [4.69, 9.17) is 10.7 Å². The molecule has 1 aromatic rings. The molecule has 0 aliphatic heterocycles. The molecule has 0 aromatic heterocycles. The van der Waals surface area contributed by atoms with Crippen LogP contribution in [0.4, 0.5) is 4.39 Å². The van der Waals surface area contributed by atoms with Gasteiger partial charge in [-0.2, -0.15) is 0 Å².